The average Bonchev–Trinajstić information content (AvgIpc) is 2.48. The molecule has 5 nitrogen and oxygen atoms in total. The summed E-state index contributed by atoms with van der Waals surface area (Å²) in [6.45, 7) is 2.18. The average molecular weight is 255 g/mol. The van der Waals surface area contributed by atoms with E-state index in [0.29, 0.717) is 5.92 Å². The molecule has 0 aromatic carbocycles. The Kier molecular flexibility index (Phi) is 3.37. The topological polar surface area (TPSA) is 76.7 Å². The second-order valence-corrected chi connectivity index (χ2v) is 4.80. The van der Waals surface area contributed by atoms with Crippen molar-refractivity contribution in [2.24, 2.45) is 0 Å². The quantitative estimate of drug-likeness (QED) is 0.852. The molecule has 0 amide bonds. The Morgan fingerprint density at radius 3 is 2.58 bits per heavy atom. The summed E-state index contributed by atoms with van der Waals surface area (Å²) in [7, 11) is 0. The van der Waals surface area contributed by atoms with E-state index < -0.39 is 0 Å². The first-order valence-corrected chi connectivity index (χ1v) is 6.58. The molecule has 19 heavy (non-hydrogen) atoms. The van der Waals surface area contributed by atoms with Crippen LogP contribution in [0.5, 0.6) is 0 Å². The maximum atomic E-state index is 5.59. The molecule has 0 saturated carbocycles. The predicted octanol–water partition coefficient (Wildman–Crippen LogP) is 1.59. The van der Waals surface area contributed by atoms with E-state index in [9.17, 15) is 0 Å². The maximum absolute atomic E-state index is 5.59. The van der Waals surface area contributed by atoms with E-state index in [0.717, 1.165) is 24.5 Å². The largest absolute Gasteiger partial charge is 0.368 e. The number of aromatic nitrogens is 3. The number of nitrogen functional groups attached to an aromatic ring is 1. The van der Waals surface area contributed by atoms with Crippen molar-refractivity contribution in [3.05, 3.63) is 36.2 Å². The van der Waals surface area contributed by atoms with Gasteiger partial charge in [0.1, 0.15) is 0 Å². The molecular weight excluding hydrogens is 238 g/mol. The number of nitrogens with zero attached hydrogens (tertiary/aromatic N) is 3. The Labute approximate surface area is 112 Å². The van der Waals surface area contributed by atoms with Gasteiger partial charge in [0.15, 0.2) is 0 Å². The fourth-order valence-corrected chi connectivity index (χ4v) is 2.47. The molecule has 2 aromatic heterocycles. The highest BCUT2D eigenvalue weighted by Crippen LogP contribution is 2.25. The smallest absolute Gasteiger partial charge is 0.220 e. The van der Waals surface area contributed by atoms with E-state index in [2.05, 4.69) is 26.3 Å². The zero-order valence-corrected chi connectivity index (χ0v) is 10.7. The van der Waals surface area contributed by atoms with Gasteiger partial charge in [-0.3, -0.25) is 4.98 Å². The van der Waals surface area contributed by atoms with Crippen LogP contribution in [-0.4, -0.2) is 28.0 Å². The SMILES string of the molecule is Nc1nccc(-c2ccc(C3CCNCC3)cn2)n1. The van der Waals surface area contributed by atoms with Gasteiger partial charge in [-0.05, 0) is 49.5 Å². The predicted molar refractivity (Wildman–Crippen MR) is 74.5 cm³/mol. The molecule has 1 fully saturated rings. The summed E-state index contributed by atoms with van der Waals surface area (Å²) in [5, 5.41) is 3.38. The molecule has 0 bridgehead atoms. The number of rotatable bonds is 2. The monoisotopic (exact) mass is 255 g/mol. The molecule has 1 aliphatic heterocycles. The second kappa shape index (κ2) is 5.32. The second-order valence-electron chi connectivity index (χ2n) is 4.80. The minimum absolute atomic E-state index is 0.279. The van der Waals surface area contributed by atoms with Crippen LogP contribution in [-0.2, 0) is 0 Å². The van der Waals surface area contributed by atoms with Crippen molar-refractivity contribution in [3.63, 3.8) is 0 Å². The van der Waals surface area contributed by atoms with Gasteiger partial charge in [-0.1, -0.05) is 6.07 Å². The van der Waals surface area contributed by atoms with Crippen LogP contribution in [0.1, 0.15) is 24.3 Å². The summed E-state index contributed by atoms with van der Waals surface area (Å²) in [6.07, 6.45) is 5.98. The van der Waals surface area contributed by atoms with Crippen LogP contribution in [0.4, 0.5) is 5.95 Å². The van der Waals surface area contributed by atoms with Gasteiger partial charge in [-0.25, -0.2) is 9.97 Å². The highest BCUT2D eigenvalue weighted by molar-refractivity contribution is 5.54. The zero-order chi connectivity index (χ0) is 13.1. The zero-order valence-electron chi connectivity index (χ0n) is 10.7. The Hall–Kier alpha value is -2.01. The van der Waals surface area contributed by atoms with E-state index in [4.69, 9.17) is 5.73 Å². The molecule has 2 aromatic rings. The number of nitrogens with two attached hydrogens (primary N) is 1. The molecular formula is C14H17N5. The molecule has 5 heteroatoms. The third kappa shape index (κ3) is 2.71. The molecule has 1 saturated heterocycles. The Morgan fingerprint density at radius 2 is 1.89 bits per heavy atom. The first-order chi connectivity index (χ1) is 9.33. The maximum Gasteiger partial charge on any atom is 0.220 e. The molecule has 3 heterocycles. The number of anilines is 1. The van der Waals surface area contributed by atoms with Crippen molar-refractivity contribution >= 4 is 5.95 Å². The van der Waals surface area contributed by atoms with Crippen LogP contribution in [0.25, 0.3) is 11.4 Å². The minimum atomic E-state index is 0.279. The summed E-state index contributed by atoms with van der Waals surface area (Å²) in [5.74, 6) is 0.903. The minimum Gasteiger partial charge on any atom is -0.368 e. The summed E-state index contributed by atoms with van der Waals surface area (Å²) in [4.78, 5) is 12.6. The molecule has 0 atom stereocenters. The molecule has 98 valence electrons. The van der Waals surface area contributed by atoms with E-state index in [-0.39, 0.29) is 5.95 Å². The van der Waals surface area contributed by atoms with Crippen molar-refractivity contribution in [1.82, 2.24) is 20.3 Å². The molecule has 3 N–H and O–H groups in total. The van der Waals surface area contributed by atoms with Gasteiger partial charge in [0.05, 0.1) is 11.4 Å². The standard InChI is InChI=1S/C14H17N5/c15-14-17-8-5-13(19-14)12-2-1-11(9-18-12)10-3-6-16-7-4-10/h1-2,5,8-10,16H,3-4,6-7H2,(H2,15,17,19). The van der Waals surface area contributed by atoms with E-state index in [1.807, 2.05) is 18.3 Å². The molecule has 0 aliphatic carbocycles. The number of pyridine rings is 1. The van der Waals surface area contributed by atoms with Crippen LogP contribution >= 0.6 is 0 Å². The van der Waals surface area contributed by atoms with Crippen molar-refractivity contribution in [2.75, 3.05) is 18.8 Å². The molecule has 1 aliphatic rings. The first-order valence-electron chi connectivity index (χ1n) is 6.58. The van der Waals surface area contributed by atoms with Gasteiger partial charge >= 0.3 is 0 Å². The lowest BCUT2D eigenvalue weighted by Gasteiger charge is -2.22. The molecule has 0 spiro atoms. The van der Waals surface area contributed by atoms with E-state index >= 15 is 0 Å². The number of piperidine rings is 1. The molecule has 0 unspecified atom stereocenters. The summed E-state index contributed by atoms with van der Waals surface area (Å²) >= 11 is 0. The van der Waals surface area contributed by atoms with Crippen molar-refractivity contribution in [2.45, 2.75) is 18.8 Å². The number of hydrogen-bond donors (Lipinski definition) is 2. The lowest BCUT2D eigenvalue weighted by Crippen LogP contribution is -2.26. The molecule has 0 radical (unpaired) electrons. The first kappa shape index (κ1) is 12.0. The van der Waals surface area contributed by atoms with Crippen molar-refractivity contribution in [3.8, 4) is 11.4 Å². The summed E-state index contributed by atoms with van der Waals surface area (Å²) in [5.41, 5.74) is 8.51. The van der Waals surface area contributed by atoms with Crippen LogP contribution in [0.15, 0.2) is 30.6 Å². The third-order valence-electron chi connectivity index (χ3n) is 3.53. The lowest BCUT2D eigenvalue weighted by atomic mass is 9.91. The normalized spacial score (nSPS) is 16.4. The highest BCUT2D eigenvalue weighted by Gasteiger charge is 2.15. The van der Waals surface area contributed by atoms with Gasteiger partial charge in [-0.15, -0.1) is 0 Å². The lowest BCUT2D eigenvalue weighted by molar-refractivity contribution is 0.459. The van der Waals surface area contributed by atoms with Crippen LogP contribution in [0.2, 0.25) is 0 Å². The Balaban J connectivity index is 1.82. The van der Waals surface area contributed by atoms with Crippen LogP contribution < -0.4 is 11.1 Å². The number of nitrogens with one attached hydrogen (secondary N) is 1. The number of hydrogen-bond acceptors (Lipinski definition) is 5. The van der Waals surface area contributed by atoms with Gasteiger partial charge in [0, 0.05) is 12.4 Å². The van der Waals surface area contributed by atoms with Gasteiger partial charge < -0.3 is 11.1 Å². The highest BCUT2D eigenvalue weighted by atomic mass is 15.0. The Morgan fingerprint density at radius 1 is 1.05 bits per heavy atom. The summed E-state index contributed by atoms with van der Waals surface area (Å²) < 4.78 is 0. The van der Waals surface area contributed by atoms with Crippen molar-refractivity contribution in [1.29, 1.82) is 0 Å². The van der Waals surface area contributed by atoms with Gasteiger partial charge in [0.25, 0.3) is 0 Å². The van der Waals surface area contributed by atoms with Crippen molar-refractivity contribution < 1.29 is 0 Å². The summed E-state index contributed by atoms with van der Waals surface area (Å²) in [6, 6.07) is 5.98. The van der Waals surface area contributed by atoms with Crippen LogP contribution in [0.3, 0.4) is 0 Å². The van der Waals surface area contributed by atoms with Crippen LogP contribution in [0, 0.1) is 0 Å². The van der Waals surface area contributed by atoms with Gasteiger partial charge in [-0.2, -0.15) is 0 Å². The Bertz CT molecular complexity index is 546. The third-order valence-corrected chi connectivity index (χ3v) is 3.53. The fourth-order valence-electron chi connectivity index (χ4n) is 2.47. The van der Waals surface area contributed by atoms with Gasteiger partial charge in [0.2, 0.25) is 5.95 Å². The fraction of sp³-hybridized carbons (Fsp3) is 0.357. The molecule has 3 rings (SSSR count). The van der Waals surface area contributed by atoms with E-state index in [1.54, 1.807) is 6.20 Å². The van der Waals surface area contributed by atoms with E-state index in [1.165, 1.54) is 18.4 Å².